The molecular weight excluding hydrogens is 294 g/mol. The summed E-state index contributed by atoms with van der Waals surface area (Å²) >= 11 is 0. The highest BCUT2D eigenvalue weighted by molar-refractivity contribution is 5.81. The third kappa shape index (κ3) is 3.26. The minimum absolute atomic E-state index is 0.577. The highest BCUT2D eigenvalue weighted by atomic mass is 16.7. The van der Waals surface area contributed by atoms with Crippen LogP contribution in [0.2, 0.25) is 0 Å². The summed E-state index contributed by atoms with van der Waals surface area (Å²) in [6.07, 6.45) is -6.21. The molecule has 0 aliphatic carbocycles. The number of hydrogen-bond donors (Lipinski definition) is 5. The molecule has 0 aliphatic rings. The van der Waals surface area contributed by atoms with Gasteiger partial charge in [0.25, 0.3) is 0 Å². The smallest absolute Gasteiger partial charge is 0.363 e. The standard InChI is InChI=1S/C14H17NO7/c16-7-10(17)11(18)12(19)13(20)14(21)22-15-6-5-8-3-1-2-4-9(8)15/h1-6,10-13,16-20H,7H2. The number of fused-ring (bicyclic) bond motifs is 1. The number of nitrogens with zero attached hydrogens (tertiary/aromatic N) is 1. The minimum atomic E-state index is -2.09. The molecule has 8 nitrogen and oxygen atoms in total. The normalized spacial score (nSPS) is 17.0. The van der Waals surface area contributed by atoms with Gasteiger partial charge in [0.1, 0.15) is 18.3 Å². The molecule has 0 spiro atoms. The second kappa shape index (κ2) is 6.86. The Hall–Kier alpha value is -1.97. The molecule has 0 radical (unpaired) electrons. The van der Waals surface area contributed by atoms with Crippen molar-refractivity contribution in [2.24, 2.45) is 0 Å². The van der Waals surface area contributed by atoms with Crippen molar-refractivity contribution in [1.29, 1.82) is 0 Å². The predicted octanol–water partition coefficient (Wildman–Crippen LogP) is -1.97. The van der Waals surface area contributed by atoms with Crippen LogP contribution in [0.25, 0.3) is 10.9 Å². The lowest BCUT2D eigenvalue weighted by Gasteiger charge is -2.24. The Labute approximate surface area is 125 Å². The van der Waals surface area contributed by atoms with E-state index in [9.17, 15) is 25.2 Å². The van der Waals surface area contributed by atoms with Crippen molar-refractivity contribution in [2.45, 2.75) is 24.4 Å². The van der Waals surface area contributed by atoms with Gasteiger partial charge in [-0.25, -0.2) is 4.79 Å². The van der Waals surface area contributed by atoms with Crippen LogP contribution in [0.5, 0.6) is 0 Å². The molecule has 4 atom stereocenters. The average Bonchev–Trinajstić information content (AvgIpc) is 2.95. The van der Waals surface area contributed by atoms with Crippen molar-refractivity contribution < 1.29 is 35.2 Å². The van der Waals surface area contributed by atoms with E-state index in [4.69, 9.17) is 9.94 Å². The lowest BCUT2D eigenvalue weighted by molar-refractivity contribution is -0.170. The molecule has 1 aromatic heterocycles. The van der Waals surface area contributed by atoms with Crippen LogP contribution in [0.4, 0.5) is 0 Å². The fourth-order valence-electron chi connectivity index (χ4n) is 1.95. The topological polar surface area (TPSA) is 132 Å². The van der Waals surface area contributed by atoms with Crippen molar-refractivity contribution in [2.75, 3.05) is 6.61 Å². The Morgan fingerprint density at radius 1 is 1.09 bits per heavy atom. The monoisotopic (exact) mass is 311 g/mol. The highest BCUT2D eigenvalue weighted by Gasteiger charge is 2.35. The summed E-state index contributed by atoms with van der Waals surface area (Å²) in [6, 6.07) is 8.72. The molecule has 120 valence electrons. The van der Waals surface area contributed by atoms with Gasteiger partial charge < -0.3 is 30.4 Å². The largest absolute Gasteiger partial charge is 0.394 e. The first-order chi connectivity index (χ1) is 10.5. The number of para-hydroxylation sites is 1. The highest BCUT2D eigenvalue weighted by Crippen LogP contribution is 2.14. The number of aliphatic hydroxyl groups excluding tert-OH is 5. The fourth-order valence-corrected chi connectivity index (χ4v) is 1.95. The molecule has 0 saturated heterocycles. The van der Waals surface area contributed by atoms with Crippen LogP contribution < -0.4 is 4.84 Å². The lowest BCUT2D eigenvalue weighted by atomic mass is 10.0. The van der Waals surface area contributed by atoms with Gasteiger partial charge in [-0.3, -0.25) is 0 Å². The van der Waals surface area contributed by atoms with Gasteiger partial charge in [0.05, 0.1) is 12.1 Å². The second-order valence-corrected chi connectivity index (χ2v) is 4.79. The zero-order valence-corrected chi connectivity index (χ0v) is 11.5. The van der Waals surface area contributed by atoms with E-state index in [-0.39, 0.29) is 0 Å². The molecule has 1 aromatic carbocycles. The van der Waals surface area contributed by atoms with E-state index < -0.39 is 37.0 Å². The first kappa shape index (κ1) is 16.4. The van der Waals surface area contributed by atoms with Gasteiger partial charge in [0.2, 0.25) is 0 Å². The maximum atomic E-state index is 11.8. The van der Waals surface area contributed by atoms with Gasteiger partial charge in [-0.15, -0.1) is 0 Å². The Balaban J connectivity index is 2.08. The van der Waals surface area contributed by atoms with E-state index in [1.54, 1.807) is 30.3 Å². The van der Waals surface area contributed by atoms with Crippen LogP contribution in [0.3, 0.4) is 0 Å². The van der Waals surface area contributed by atoms with Crippen molar-refractivity contribution in [3.63, 3.8) is 0 Å². The number of benzene rings is 1. The molecule has 0 saturated carbocycles. The molecule has 8 heteroatoms. The molecular formula is C14H17NO7. The average molecular weight is 311 g/mol. The van der Waals surface area contributed by atoms with E-state index in [2.05, 4.69) is 0 Å². The van der Waals surface area contributed by atoms with Crippen LogP contribution in [-0.4, -0.2) is 67.3 Å². The number of carbonyl (C=O) groups excluding carboxylic acids is 1. The first-order valence-corrected chi connectivity index (χ1v) is 6.57. The Bertz CT molecular complexity index is 641. The lowest BCUT2D eigenvalue weighted by Crippen LogP contribution is -2.50. The quantitative estimate of drug-likeness (QED) is 0.418. The summed E-state index contributed by atoms with van der Waals surface area (Å²) in [5, 5.41) is 47.4. The third-order valence-corrected chi connectivity index (χ3v) is 3.25. The second-order valence-electron chi connectivity index (χ2n) is 4.79. The minimum Gasteiger partial charge on any atom is -0.394 e. The third-order valence-electron chi connectivity index (χ3n) is 3.25. The summed E-state index contributed by atoms with van der Waals surface area (Å²) in [5.41, 5.74) is 0.577. The number of aromatic nitrogens is 1. The summed E-state index contributed by atoms with van der Waals surface area (Å²) in [5.74, 6) is -1.21. The molecule has 1 heterocycles. The zero-order valence-electron chi connectivity index (χ0n) is 11.5. The maximum Gasteiger partial charge on any atom is 0.363 e. The summed E-state index contributed by atoms with van der Waals surface area (Å²) in [6.45, 7) is -0.831. The van der Waals surface area contributed by atoms with Crippen molar-refractivity contribution in [3.8, 4) is 0 Å². The van der Waals surface area contributed by atoms with Crippen LogP contribution >= 0.6 is 0 Å². The van der Waals surface area contributed by atoms with Gasteiger partial charge >= 0.3 is 5.97 Å². The molecule has 2 aromatic rings. The first-order valence-electron chi connectivity index (χ1n) is 6.57. The van der Waals surface area contributed by atoms with E-state index in [0.717, 1.165) is 10.1 Å². The van der Waals surface area contributed by atoms with Gasteiger partial charge in [-0.05, 0) is 12.1 Å². The molecule has 22 heavy (non-hydrogen) atoms. The fraction of sp³-hybridized carbons (Fsp3) is 0.357. The number of aliphatic hydroxyl groups is 5. The van der Waals surface area contributed by atoms with Crippen LogP contribution in [-0.2, 0) is 4.79 Å². The predicted molar refractivity (Wildman–Crippen MR) is 74.6 cm³/mol. The van der Waals surface area contributed by atoms with E-state index in [0.29, 0.717) is 5.52 Å². The Morgan fingerprint density at radius 3 is 2.45 bits per heavy atom. The summed E-state index contributed by atoms with van der Waals surface area (Å²) in [7, 11) is 0. The zero-order chi connectivity index (χ0) is 16.3. The molecule has 2 rings (SSSR count). The van der Waals surface area contributed by atoms with Gasteiger partial charge in [0, 0.05) is 11.6 Å². The summed E-state index contributed by atoms with van der Waals surface area (Å²) in [4.78, 5) is 16.7. The van der Waals surface area contributed by atoms with Crippen LogP contribution in [0, 0.1) is 0 Å². The van der Waals surface area contributed by atoms with Crippen molar-refractivity contribution in [3.05, 3.63) is 36.5 Å². The van der Waals surface area contributed by atoms with Gasteiger partial charge in [-0.2, -0.15) is 4.73 Å². The van der Waals surface area contributed by atoms with E-state index >= 15 is 0 Å². The number of hydrogen-bond acceptors (Lipinski definition) is 7. The van der Waals surface area contributed by atoms with Crippen LogP contribution in [0.15, 0.2) is 36.5 Å². The molecule has 0 aliphatic heterocycles. The van der Waals surface area contributed by atoms with Gasteiger partial charge in [0.15, 0.2) is 6.10 Å². The maximum absolute atomic E-state index is 11.8. The SMILES string of the molecule is O=C(On1ccc2ccccc21)C(O)C(O)C(O)C(O)CO. The summed E-state index contributed by atoms with van der Waals surface area (Å²) < 4.78 is 1.11. The van der Waals surface area contributed by atoms with Crippen LogP contribution in [0.1, 0.15) is 0 Å². The Kier molecular flexibility index (Phi) is 5.11. The number of rotatable bonds is 6. The molecule has 5 N–H and O–H groups in total. The number of carbonyl (C=O) groups is 1. The van der Waals surface area contributed by atoms with E-state index in [1.807, 2.05) is 0 Å². The van der Waals surface area contributed by atoms with E-state index in [1.165, 1.54) is 6.20 Å². The van der Waals surface area contributed by atoms with Crippen molar-refractivity contribution >= 4 is 16.9 Å². The molecule has 0 bridgehead atoms. The Morgan fingerprint density at radius 2 is 1.77 bits per heavy atom. The molecule has 0 amide bonds. The van der Waals surface area contributed by atoms with Crippen molar-refractivity contribution in [1.82, 2.24) is 4.73 Å². The molecule has 0 fully saturated rings. The molecule has 4 unspecified atom stereocenters. The van der Waals surface area contributed by atoms with Gasteiger partial charge in [-0.1, -0.05) is 18.2 Å².